The van der Waals surface area contributed by atoms with Crippen molar-refractivity contribution in [1.82, 2.24) is 20.4 Å². The molecule has 2 heterocycles. The van der Waals surface area contributed by atoms with Crippen LogP contribution in [-0.2, 0) is 16.0 Å². The second-order valence-corrected chi connectivity index (χ2v) is 4.87. The average molecular weight is 298 g/mol. The van der Waals surface area contributed by atoms with Gasteiger partial charge in [-0.15, -0.1) is 0 Å². The molecule has 1 aliphatic heterocycles. The van der Waals surface area contributed by atoms with Gasteiger partial charge in [-0.1, -0.05) is 5.16 Å². The quantitative estimate of drug-likeness (QED) is 0.763. The Morgan fingerprint density at radius 1 is 1.48 bits per heavy atom. The van der Waals surface area contributed by atoms with Crippen molar-refractivity contribution in [3.05, 3.63) is 11.7 Å². The van der Waals surface area contributed by atoms with Gasteiger partial charge in [-0.3, -0.25) is 4.79 Å². The van der Waals surface area contributed by atoms with Gasteiger partial charge >= 0.3 is 12.0 Å². The van der Waals surface area contributed by atoms with E-state index in [4.69, 9.17) is 14.4 Å². The SMILES string of the molecule is Cc1nc(CCNC(=O)N(C)C2COCC2C(=O)O)no1. The number of rotatable bonds is 5. The number of urea groups is 1. The zero-order chi connectivity index (χ0) is 15.4. The number of ether oxygens (including phenoxy) is 1. The van der Waals surface area contributed by atoms with Gasteiger partial charge in [-0.2, -0.15) is 4.98 Å². The van der Waals surface area contributed by atoms with Crippen molar-refractivity contribution >= 4 is 12.0 Å². The Morgan fingerprint density at radius 3 is 2.86 bits per heavy atom. The van der Waals surface area contributed by atoms with E-state index in [2.05, 4.69) is 15.5 Å². The van der Waals surface area contributed by atoms with E-state index in [9.17, 15) is 9.59 Å². The van der Waals surface area contributed by atoms with Gasteiger partial charge in [0.1, 0.15) is 5.92 Å². The Balaban J connectivity index is 1.81. The Kier molecular flexibility index (Phi) is 4.73. The first-order chi connectivity index (χ1) is 9.99. The molecule has 0 aromatic carbocycles. The number of aromatic nitrogens is 2. The summed E-state index contributed by atoms with van der Waals surface area (Å²) in [6.07, 6.45) is 0.445. The molecule has 2 atom stereocenters. The van der Waals surface area contributed by atoms with Crippen LogP contribution in [0.25, 0.3) is 0 Å². The first-order valence-electron chi connectivity index (χ1n) is 6.59. The van der Waals surface area contributed by atoms with Crippen LogP contribution >= 0.6 is 0 Å². The van der Waals surface area contributed by atoms with E-state index in [1.54, 1.807) is 14.0 Å². The fourth-order valence-corrected chi connectivity index (χ4v) is 2.16. The molecule has 9 nitrogen and oxygen atoms in total. The molecular weight excluding hydrogens is 280 g/mol. The minimum absolute atomic E-state index is 0.125. The van der Waals surface area contributed by atoms with Crippen molar-refractivity contribution in [1.29, 1.82) is 0 Å². The van der Waals surface area contributed by atoms with Gasteiger partial charge in [0.25, 0.3) is 0 Å². The lowest BCUT2D eigenvalue weighted by atomic mass is 10.0. The molecule has 0 radical (unpaired) electrons. The Morgan fingerprint density at radius 2 is 2.24 bits per heavy atom. The van der Waals surface area contributed by atoms with Crippen LogP contribution in [0.15, 0.2) is 4.52 Å². The lowest BCUT2D eigenvalue weighted by molar-refractivity contribution is -0.142. The highest BCUT2D eigenvalue weighted by atomic mass is 16.5. The smallest absolute Gasteiger partial charge is 0.317 e. The molecule has 21 heavy (non-hydrogen) atoms. The summed E-state index contributed by atoms with van der Waals surface area (Å²) in [5.41, 5.74) is 0. The molecule has 2 unspecified atom stereocenters. The van der Waals surface area contributed by atoms with Crippen LogP contribution in [0.5, 0.6) is 0 Å². The number of aryl methyl sites for hydroxylation is 1. The highest BCUT2D eigenvalue weighted by Gasteiger charge is 2.38. The molecule has 9 heteroatoms. The summed E-state index contributed by atoms with van der Waals surface area (Å²) in [6.45, 7) is 2.38. The third kappa shape index (κ3) is 3.69. The number of hydrogen-bond acceptors (Lipinski definition) is 6. The van der Waals surface area contributed by atoms with Crippen LogP contribution in [0.1, 0.15) is 11.7 Å². The molecule has 2 amide bonds. The van der Waals surface area contributed by atoms with Gasteiger partial charge in [0.15, 0.2) is 5.82 Å². The Bertz CT molecular complexity index is 518. The van der Waals surface area contributed by atoms with E-state index in [1.807, 2.05) is 0 Å². The number of carbonyl (C=O) groups excluding carboxylic acids is 1. The van der Waals surface area contributed by atoms with E-state index >= 15 is 0 Å². The van der Waals surface area contributed by atoms with Crippen LogP contribution < -0.4 is 5.32 Å². The van der Waals surface area contributed by atoms with Crippen LogP contribution in [0.4, 0.5) is 4.79 Å². The highest BCUT2D eigenvalue weighted by Crippen LogP contribution is 2.18. The number of carboxylic acids is 1. The number of amides is 2. The van der Waals surface area contributed by atoms with Gasteiger partial charge in [0, 0.05) is 26.9 Å². The number of nitrogens with zero attached hydrogens (tertiary/aromatic N) is 3. The molecule has 1 saturated heterocycles. The minimum Gasteiger partial charge on any atom is -0.481 e. The van der Waals surface area contributed by atoms with E-state index in [1.165, 1.54) is 4.90 Å². The van der Waals surface area contributed by atoms with Gasteiger partial charge < -0.3 is 24.6 Å². The largest absolute Gasteiger partial charge is 0.481 e. The maximum absolute atomic E-state index is 12.0. The van der Waals surface area contributed by atoms with Crippen LogP contribution in [0.3, 0.4) is 0 Å². The monoisotopic (exact) mass is 298 g/mol. The van der Waals surface area contributed by atoms with Crippen LogP contribution in [0, 0.1) is 12.8 Å². The fraction of sp³-hybridized carbons (Fsp3) is 0.667. The van der Waals surface area contributed by atoms with Crippen molar-refractivity contribution in [3.63, 3.8) is 0 Å². The van der Waals surface area contributed by atoms with Gasteiger partial charge in [0.2, 0.25) is 5.89 Å². The van der Waals surface area contributed by atoms with Crippen molar-refractivity contribution in [2.75, 3.05) is 26.8 Å². The first kappa shape index (κ1) is 15.2. The molecular formula is C12H18N4O5. The summed E-state index contributed by atoms with van der Waals surface area (Å²) in [7, 11) is 1.56. The number of carboxylic acid groups (broad SMARTS) is 1. The molecule has 1 aliphatic rings. The second kappa shape index (κ2) is 6.53. The molecule has 116 valence electrons. The summed E-state index contributed by atoms with van der Waals surface area (Å²) in [6, 6.07) is -0.813. The fourth-order valence-electron chi connectivity index (χ4n) is 2.16. The molecule has 0 bridgehead atoms. The molecule has 0 saturated carbocycles. The molecule has 2 N–H and O–H groups in total. The lowest BCUT2D eigenvalue weighted by Gasteiger charge is -2.26. The number of hydrogen-bond donors (Lipinski definition) is 2. The summed E-state index contributed by atoms with van der Waals surface area (Å²) in [5, 5.41) is 15.5. The third-order valence-corrected chi connectivity index (χ3v) is 3.38. The van der Waals surface area contributed by atoms with Gasteiger partial charge in [0.05, 0.1) is 19.3 Å². The number of nitrogens with one attached hydrogen (secondary N) is 1. The topological polar surface area (TPSA) is 118 Å². The summed E-state index contributed by atoms with van der Waals surface area (Å²) in [4.78, 5) is 28.5. The summed E-state index contributed by atoms with van der Waals surface area (Å²) >= 11 is 0. The van der Waals surface area contributed by atoms with Gasteiger partial charge in [-0.25, -0.2) is 4.79 Å². The summed E-state index contributed by atoms with van der Waals surface area (Å²) in [5.74, 6) is -0.663. The predicted molar refractivity (Wildman–Crippen MR) is 69.6 cm³/mol. The maximum Gasteiger partial charge on any atom is 0.317 e. The Labute approximate surface area is 121 Å². The molecule has 1 aromatic heterocycles. The third-order valence-electron chi connectivity index (χ3n) is 3.38. The summed E-state index contributed by atoms with van der Waals surface area (Å²) < 4.78 is 9.97. The lowest BCUT2D eigenvalue weighted by Crippen LogP contribution is -2.48. The molecule has 0 aliphatic carbocycles. The van der Waals surface area contributed by atoms with Crippen molar-refractivity contribution in [2.45, 2.75) is 19.4 Å². The van der Waals surface area contributed by atoms with Crippen LogP contribution in [-0.4, -0.2) is 65.0 Å². The number of carbonyl (C=O) groups is 2. The first-order valence-corrected chi connectivity index (χ1v) is 6.59. The van der Waals surface area contributed by atoms with Crippen molar-refractivity contribution in [2.24, 2.45) is 5.92 Å². The molecule has 0 spiro atoms. The van der Waals surface area contributed by atoms with E-state index in [0.717, 1.165) is 0 Å². The zero-order valence-corrected chi connectivity index (χ0v) is 11.9. The number of likely N-dealkylation sites (N-methyl/N-ethyl adjacent to an activating group) is 1. The highest BCUT2D eigenvalue weighted by molar-refractivity contribution is 5.77. The molecule has 1 fully saturated rings. The zero-order valence-electron chi connectivity index (χ0n) is 11.9. The predicted octanol–water partition coefficient (Wildman–Crippen LogP) is -0.338. The second-order valence-electron chi connectivity index (χ2n) is 4.87. The molecule has 2 rings (SSSR count). The molecule has 1 aromatic rings. The van der Waals surface area contributed by atoms with Crippen LogP contribution in [0.2, 0.25) is 0 Å². The van der Waals surface area contributed by atoms with E-state index < -0.39 is 17.9 Å². The maximum atomic E-state index is 12.0. The average Bonchev–Trinajstić information content (AvgIpc) is 3.06. The van der Waals surface area contributed by atoms with Crippen molar-refractivity contribution < 1.29 is 24.0 Å². The van der Waals surface area contributed by atoms with Crippen molar-refractivity contribution in [3.8, 4) is 0 Å². The Hall–Kier alpha value is -2.16. The van der Waals surface area contributed by atoms with E-state index in [-0.39, 0.29) is 19.2 Å². The normalized spacial score (nSPS) is 21.2. The minimum atomic E-state index is -0.959. The van der Waals surface area contributed by atoms with Gasteiger partial charge in [-0.05, 0) is 0 Å². The standard InChI is InChI=1S/C12H18N4O5/c1-7-14-10(15-21-7)3-4-13-12(19)16(2)9-6-20-5-8(9)11(17)18/h8-9H,3-6H2,1-2H3,(H,13,19)(H,17,18). The number of aliphatic carboxylic acids is 1. The van der Waals surface area contributed by atoms with E-state index in [0.29, 0.717) is 24.7 Å².